The third-order valence-corrected chi connectivity index (χ3v) is 6.79. The molecule has 0 aliphatic rings. The minimum atomic E-state index is -3.64. The molecule has 0 radical (unpaired) electrons. The number of fused-ring (bicyclic) bond motifs is 1. The van der Waals surface area contributed by atoms with E-state index in [4.69, 9.17) is 4.74 Å². The lowest BCUT2D eigenvalue weighted by atomic mass is 10.2. The molecule has 27 heavy (non-hydrogen) atoms. The van der Waals surface area contributed by atoms with Gasteiger partial charge in [-0.25, -0.2) is 12.4 Å². The van der Waals surface area contributed by atoms with Crippen LogP contribution in [-0.2, 0) is 16.6 Å². The number of aromatic nitrogens is 1. The minimum Gasteiger partial charge on any atom is -0.489 e. The third kappa shape index (κ3) is 3.59. The van der Waals surface area contributed by atoms with E-state index in [-0.39, 0.29) is 4.90 Å². The first kappa shape index (κ1) is 18.1. The fourth-order valence-electron chi connectivity index (χ4n) is 2.88. The summed E-state index contributed by atoms with van der Waals surface area (Å²) in [6.45, 7) is 0.464. The van der Waals surface area contributed by atoms with Crippen LogP contribution in [-0.4, -0.2) is 12.4 Å². The van der Waals surface area contributed by atoms with Crippen molar-refractivity contribution in [3.05, 3.63) is 94.2 Å². The van der Waals surface area contributed by atoms with E-state index in [9.17, 15) is 8.42 Å². The number of benzene rings is 3. The Labute approximate surface area is 171 Å². The van der Waals surface area contributed by atoms with Crippen molar-refractivity contribution >= 4 is 43.5 Å². The fraction of sp³-hybridized carbons (Fsp3) is 0.0476. The zero-order chi connectivity index (χ0) is 18.9. The summed E-state index contributed by atoms with van der Waals surface area (Å²) < 4.78 is 34.0. The van der Waals surface area contributed by atoms with Gasteiger partial charge in [-0.15, -0.1) is 0 Å². The number of hydrogen-bond donors (Lipinski definition) is 0. The number of hydrogen-bond acceptors (Lipinski definition) is 3. The van der Waals surface area contributed by atoms with Gasteiger partial charge >= 0.3 is 0 Å². The molecule has 136 valence electrons. The van der Waals surface area contributed by atoms with Crippen molar-refractivity contribution in [3.8, 4) is 5.75 Å². The Morgan fingerprint density at radius 3 is 2.26 bits per heavy atom. The van der Waals surface area contributed by atoms with Crippen molar-refractivity contribution < 1.29 is 13.2 Å². The zero-order valence-electron chi connectivity index (χ0n) is 14.2. The highest BCUT2D eigenvalue weighted by Crippen LogP contribution is 2.30. The molecule has 4 aromatic rings. The van der Waals surface area contributed by atoms with Crippen LogP contribution in [0.5, 0.6) is 5.75 Å². The first-order chi connectivity index (χ1) is 13.1. The minimum absolute atomic E-state index is 0.266. The van der Waals surface area contributed by atoms with E-state index < -0.39 is 10.0 Å². The van der Waals surface area contributed by atoms with E-state index in [2.05, 4.69) is 22.6 Å². The SMILES string of the molecule is O=S(=O)(c1ccccc1)n1cc(I)c2cc(OCc3ccccc3)ccc21. The molecule has 3 aromatic carbocycles. The first-order valence-corrected chi connectivity index (χ1v) is 10.9. The summed E-state index contributed by atoms with van der Waals surface area (Å²) in [7, 11) is -3.64. The summed E-state index contributed by atoms with van der Waals surface area (Å²) in [6.07, 6.45) is 1.65. The van der Waals surface area contributed by atoms with Crippen LogP contribution in [0.4, 0.5) is 0 Å². The summed E-state index contributed by atoms with van der Waals surface area (Å²) in [5.41, 5.74) is 1.71. The molecule has 0 N–H and O–H groups in total. The lowest BCUT2D eigenvalue weighted by Gasteiger charge is -2.09. The average molecular weight is 489 g/mol. The molecule has 4 rings (SSSR count). The molecule has 4 nitrogen and oxygen atoms in total. The van der Waals surface area contributed by atoms with Crippen LogP contribution >= 0.6 is 22.6 Å². The Morgan fingerprint density at radius 1 is 0.889 bits per heavy atom. The van der Waals surface area contributed by atoms with Gasteiger partial charge in [0.1, 0.15) is 12.4 Å². The molecule has 0 atom stereocenters. The van der Waals surface area contributed by atoms with Crippen molar-refractivity contribution in [2.24, 2.45) is 0 Å². The second kappa shape index (κ2) is 7.36. The predicted octanol–water partition coefficient (Wildman–Crippen LogP) is 5.06. The summed E-state index contributed by atoms with van der Waals surface area (Å²) >= 11 is 2.15. The van der Waals surface area contributed by atoms with Gasteiger partial charge < -0.3 is 4.74 Å². The zero-order valence-corrected chi connectivity index (χ0v) is 17.2. The lowest BCUT2D eigenvalue weighted by molar-refractivity contribution is 0.306. The smallest absolute Gasteiger partial charge is 0.268 e. The van der Waals surface area contributed by atoms with Crippen molar-refractivity contribution in [3.63, 3.8) is 0 Å². The summed E-state index contributed by atoms with van der Waals surface area (Å²) in [6, 6.07) is 23.8. The Hall–Kier alpha value is -2.32. The Morgan fingerprint density at radius 2 is 1.56 bits per heavy atom. The summed E-state index contributed by atoms with van der Waals surface area (Å²) in [4.78, 5) is 0.266. The van der Waals surface area contributed by atoms with Gasteiger partial charge in [0.05, 0.1) is 10.4 Å². The molecule has 0 amide bonds. The standard InChI is InChI=1S/C21H16INO3S/c22-20-14-23(27(24,25)18-9-5-2-6-10-18)21-12-11-17(13-19(20)21)26-15-16-7-3-1-4-8-16/h1-14H,15H2. The Balaban J connectivity index is 1.69. The maximum absolute atomic E-state index is 13.0. The summed E-state index contributed by atoms with van der Waals surface area (Å²) in [5, 5.41) is 0.848. The van der Waals surface area contributed by atoms with Gasteiger partial charge in [-0.1, -0.05) is 48.5 Å². The highest BCUT2D eigenvalue weighted by atomic mass is 127. The number of ether oxygens (including phenoxy) is 1. The largest absolute Gasteiger partial charge is 0.489 e. The number of nitrogens with zero attached hydrogens (tertiary/aromatic N) is 1. The highest BCUT2D eigenvalue weighted by Gasteiger charge is 2.20. The number of rotatable bonds is 5. The molecule has 0 unspecified atom stereocenters. The van der Waals surface area contributed by atoms with E-state index in [1.165, 1.54) is 3.97 Å². The van der Waals surface area contributed by atoms with Gasteiger partial charge in [0.15, 0.2) is 0 Å². The molecular weight excluding hydrogens is 473 g/mol. The van der Waals surface area contributed by atoms with Crippen molar-refractivity contribution in [2.75, 3.05) is 0 Å². The van der Waals surface area contributed by atoms with Crippen LogP contribution in [0.3, 0.4) is 0 Å². The molecule has 0 aliphatic heterocycles. The highest BCUT2D eigenvalue weighted by molar-refractivity contribution is 14.1. The molecule has 0 fully saturated rings. The molecule has 0 aliphatic carbocycles. The van der Waals surface area contributed by atoms with Crippen LogP contribution in [0, 0.1) is 3.57 Å². The van der Waals surface area contributed by atoms with Gasteiger partial charge in [0.25, 0.3) is 10.0 Å². The molecule has 6 heteroatoms. The van der Waals surface area contributed by atoms with Crippen LogP contribution in [0.15, 0.2) is 90.0 Å². The molecule has 1 heterocycles. The summed E-state index contributed by atoms with van der Waals surface area (Å²) in [5.74, 6) is 0.708. The van der Waals surface area contributed by atoms with Crippen LogP contribution < -0.4 is 4.74 Å². The van der Waals surface area contributed by atoms with Gasteiger partial charge in [-0.05, 0) is 58.5 Å². The van der Waals surface area contributed by atoms with Crippen LogP contribution in [0.1, 0.15) is 5.56 Å². The second-order valence-corrected chi connectivity index (χ2v) is 9.02. The fourth-order valence-corrected chi connectivity index (χ4v) is 5.17. The first-order valence-electron chi connectivity index (χ1n) is 8.34. The maximum atomic E-state index is 13.0. The molecular formula is C21H16INO3S. The van der Waals surface area contributed by atoms with E-state index in [0.29, 0.717) is 17.9 Å². The van der Waals surface area contributed by atoms with Crippen molar-refractivity contribution in [1.29, 1.82) is 0 Å². The van der Waals surface area contributed by atoms with E-state index in [0.717, 1.165) is 14.5 Å². The van der Waals surface area contributed by atoms with E-state index in [1.807, 2.05) is 36.4 Å². The second-order valence-electron chi connectivity index (χ2n) is 6.04. The van der Waals surface area contributed by atoms with Gasteiger partial charge in [0, 0.05) is 15.2 Å². The van der Waals surface area contributed by atoms with Crippen LogP contribution in [0.2, 0.25) is 0 Å². The molecule has 0 saturated heterocycles. The normalized spacial score (nSPS) is 11.6. The predicted molar refractivity (Wildman–Crippen MR) is 114 cm³/mol. The quantitative estimate of drug-likeness (QED) is 0.369. The Kier molecular flexibility index (Phi) is 4.92. The molecule has 0 spiro atoms. The molecule has 0 saturated carbocycles. The van der Waals surface area contributed by atoms with Gasteiger partial charge in [0.2, 0.25) is 0 Å². The van der Waals surface area contributed by atoms with Gasteiger partial charge in [-0.3, -0.25) is 0 Å². The molecule has 1 aromatic heterocycles. The third-order valence-electron chi connectivity index (χ3n) is 4.24. The van der Waals surface area contributed by atoms with Crippen LogP contribution in [0.25, 0.3) is 10.9 Å². The monoisotopic (exact) mass is 489 g/mol. The average Bonchev–Trinajstić information content (AvgIpc) is 3.05. The van der Waals surface area contributed by atoms with Gasteiger partial charge in [-0.2, -0.15) is 0 Å². The van der Waals surface area contributed by atoms with Crippen molar-refractivity contribution in [1.82, 2.24) is 3.97 Å². The maximum Gasteiger partial charge on any atom is 0.268 e. The topological polar surface area (TPSA) is 48.3 Å². The van der Waals surface area contributed by atoms with E-state index >= 15 is 0 Å². The Bertz CT molecular complexity index is 1190. The number of halogens is 1. The van der Waals surface area contributed by atoms with Crippen molar-refractivity contribution in [2.45, 2.75) is 11.5 Å². The lowest BCUT2D eigenvalue weighted by Crippen LogP contribution is -2.11. The van der Waals surface area contributed by atoms with E-state index in [1.54, 1.807) is 48.7 Å². The molecule has 0 bridgehead atoms.